The summed E-state index contributed by atoms with van der Waals surface area (Å²) < 4.78 is 0. The van der Waals surface area contributed by atoms with Gasteiger partial charge in [-0.1, -0.05) is 83.5 Å². The molecule has 1 aliphatic carbocycles. The summed E-state index contributed by atoms with van der Waals surface area (Å²) in [6.07, 6.45) is 9.35. The predicted molar refractivity (Wildman–Crippen MR) is 163 cm³/mol. The van der Waals surface area contributed by atoms with Crippen molar-refractivity contribution < 1.29 is 14.7 Å². The third-order valence-electron chi connectivity index (χ3n) is 9.21. The molecule has 2 aromatic carbocycles. The molecule has 0 amide bonds. The molecule has 1 fully saturated rings. The minimum atomic E-state index is -0.666. The van der Waals surface area contributed by atoms with Crippen LogP contribution in [0.4, 0.5) is 0 Å². The van der Waals surface area contributed by atoms with Gasteiger partial charge in [0.15, 0.2) is 0 Å². The average Bonchev–Trinajstić information content (AvgIpc) is 2.90. The Labute approximate surface area is 237 Å². The van der Waals surface area contributed by atoms with E-state index >= 15 is 0 Å². The lowest BCUT2D eigenvalue weighted by atomic mass is 9.77. The number of aliphatic carboxylic acids is 1. The first kappa shape index (κ1) is 31.1. The smallest absolute Gasteiger partial charge is 0.303 e. The Morgan fingerprint density at radius 3 is 2.13 bits per heavy atom. The highest BCUT2D eigenvalue weighted by Crippen LogP contribution is 2.38. The van der Waals surface area contributed by atoms with Crippen LogP contribution >= 0.6 is 0 Å². The van der Waals surface area contributed by atoms with E-state index in [9.17, 15) is 9.59 Å². The second kappa shape index (κ2) is 14.8. The number of carbonyl (C=O) groups is 2. The van der Waals surface area contributed by atoms with Crippen molar-refractivity contribution in [2.24, 2.45) is 29.6 Å². The number of carboxylic acids is 1. The standard InChI is InChI=1S/C36H52O3/c1-7-27(21-35(37)34(25(4)5)20-24(2)3)9-15-32-23-33(12-8-26(32)6)31-18-16-30(17-19-31)29-13-10-28(11-14-29)22-36(38)39/h8,12,16-19,23-25,27-29,34H,7,9-11,13-15,20-22H2,1-6H3,(H,38,39). The monoisotopic (exact) mass is 532 g/mol. The Morgan fingerprint density at radius 2 is 1.56 bits per heavy atom. The lowest BCUT2D eigenvalue weighted by molar-refractivity contribution is -0.138. The molecule has 2 atom stereocenters. The largest absolute Gasteiger partial charge is 0.481 e. The van der Waals surface area contributed by atoms with Gasteiger partial charge >= 0.3 is 5.97 Å². The van der Waals surface area contributed by atoms with E-state index in [0.29, 0.717) is 48.2 Å². The molecule has 1 saturated carbocycles. The molecule has 0 spiro atoms. The maximum absolute atomic E-state index is 13.2. The molecular formula is C36H52O3. The Kier molecular flexibility index (Phi) is 11.8. The first-order chi connectivity index (χ1) is 18.6. The van der Waals surface area contributed by atoms with E-state index in [1.165, 1.54) is 27.8 Å². The summed E-state index contributed by atoms with van der Waals surface area (Å²) in [5.41, 5.74) is 6.60. The van der Waals surface area contributed by atoms with Crippen LogP contribution in [0.15, 0.2) is 42.5 Å². The summed E-state index contributed by atoms with van der Waals surface area (Å²) in [6, 6.07) is 15.9. The van der Waals surface area contributed by atoms with Crippen LogP contribution in [0.3, 0.4) is 0 Å². The van der Waals surface area contributed by atoms with Gasteiger partial charge in [0, 0.05) is 18.8 Å². The zero-order valence-corrected chi connectivity index (χ0v) is 25.3. The van der Waals surface area contributed by atoms with Crippen molar-refractivity contribution >= 4 is 11.8 Å². The van der Waals surface area contributed by atoms with E-state index in [1.807, 2.05) is 0 Å². The van der Waals surface area contributed by atoms with Crippen molar-refractivity contribution in [2.45, 2.75) is 112 Å². The van der Waals surface area contributed by atoms with Crippen LogP contribution in [0.5, 0.6) is 0 Å². The third kappa shape index (κ3) is 9.33. The van der Waals surface area contributed by atoms with Crippen molar-refractivity contribution in [1.82, 2.24) is 0 Å². The van der Waals surface area contributed by atoms with Gasteiger partial charge in [0.1, 0.15) is 5.78 Å². The van der Waals surface area contributed by atoms with E-state index < -0.39 is 5.97 Å². The normalized spacial score (nSPS) is 19.3. The summed E-state index contributed by atoms with van der Waals surface area (Å²) in [5.74, 6) is 2.28. The van der Waals surface area contributed by atoms with E-state index in [1.54, 1.807) is 0 Å². The van der Waals surface area contributed by atoms with Crippen LogP contribution in [-0.4, -0.2) is 16.9 Å². The number of rotatable bonds is 14. The summed E-state index contributed by atoms with van der Waals surface area (Å²) in [4.78, 5) is 24.2. The van der Waals surface area contributed by atoms with E-state index in [4.69, 9.17) is 5.11 Å². The van der Waals surface area contributed by atoms with Crippen molar-refractivity contribution in [1.29, 1.82) is 0 Å². The summed E-state index contributed by atoms with van der Waals surface area (Å²) >= 11 is 0. The van der Waals surface area contributed by atoms with E-state index in [0.717, 1.165) is 51.4 Å². The Hall–Kier alpha value is -2.42. The van der Waals surface area contributed by atoms with Crippen LogP contribution in [0.1, 0.15) is 115 Å². The minimum Gasteiger partial charge on any atom is -0.481 e. The highest BCUT2D eigenvalue weighted by molar-refractivity contribution is 5.81. The molecule has 1 aliphatic rings. The molecular weight excluding hydrogens is 480 g/mol. The Bertz CT molecular complexity index is 1060. The van der Waals surface area contributed by atoms with Gasteiger partial charge in [-0.3, -0.25) is 9.59 Å². The molecule has 0 radical (unpaired) electrons. The third-order valence-corrected chi connectivity index (χ3v) is 9.21. The molecule has 39 heavy (non-hydrogen) atoms. The van der Waals surface area contributed by atoms with Gasteiger partial charge in [-0.15, -0.1) is 0 Å². The molecule has 3 heteroatoms. The van der Waals surface area contributed by atoms with Gasteiger partial charge in [0.2, 0.25) is 0 Å². The van der Waals surface area contributed by atoms with Crippen LogP contribution < -0.4 is 0 Å². The zero-order chi connectivity index (χ0) is 28.5. The fraction of sp³-hybridized carbons (Fsp3) is 0.611. The number of aryl methyl sites for hydroxylation is 2. The van der Waals surface area contributed by atoms with Crippen LogP contribution in [0.25, 0.3) is 11.1 Å². The SMILES string of the molecule is CCC(CCc1cc(-c2ccc(C3CCC(CC(=O)O)CC3)cc2)ccc1C)CC(=O)C(CC(C)C)C(C)C. The fourth-order valence-electron chi connectivity index (χ4n) is 6.54. The van der Waals surface area contributed by atoms with Gasteiger partial charge < -0.3 is 5.11 Å². The molecule has 2 unspecified atom stereocenters. The van der Waals surface area contributed by atoms with Crippen molar-refractivity contribution in [3.63, 3.8) is 0 Å². The number of ketones is 1. The molecule has 0 bridgehead atoms. The molecule has 3 nitrogen and oxygen atoms in total. The quantitative estimate of drug-likeness (QED) is 0.263. The number of benzene rings is 2. The maximum Gasteiger partial charge on any atom is 0.303 e. The topological polar surface area (TPSA) is 54.4 Å². The van der Waals surface area contributed by atoms with Crippen LogP contribution in [0, 0.1) is 36.5 Å². The first-order valence-electron chi connectivity index (χ1n) is 15.5. The fourth-order valence-corrected chi connectivity index (χ4v) is 6.54. The summed E-state index contributed by atoms with van der Waals surface area (Å²) in [6.45, 7) is 13.3. The number of carbonyl (C=O) groups excluding carboxylic acids is 1. The van der Waals surface area contributed by atoms with Gasteiger partial charge in [-0.05, 0) is 109 Å². The van der Waals surface area contributed by atoms with Gasteiger partial charge in [0.25, 0.3) is 0 Å². The summed E-state index contributed by atoms with van der Waals surface area (Å²) in [5, 5.41) is 9.08. The molecule has 3 rings (SSSR count). The van der Waals surface area contributed by atoms with Crippen molar-refractivity contribution in [3.8, 4) is 11.1 Å². The molecule has 0 heterocycles. The van der Waals surface area contributed by atoms with Crippen LogP contribution in [-0.2, 0) is 16.0 Å². The maximum atomic E-state index is 13.2. The lowest BCUT2D eigenvalue weighted by Crippen LogP contribution is -2.24. The van der Waals surface area contributed by atoms with Crippen molar-refractivity contribution in [2.75, 3.05) is 0 Å². The Morgan fingerprint density at radius 1 is 0.923 bits per heavy atom. The number of hydrogen-bond acceptors (Lipinski definition) is 2. The van der Waals surface area contributed by atoms with Crippen molar-refractivity contribution in [3.05, 3.63) is 59.2 Å². The van der Waals surface area contributed by atoms with Crippen LogP contribution in [0.2, 0.25) is 0 Å². The second-order valence-corrected chi connectivity index (χ2v) is 13.0. The lowest BCUT2D eigenvalue weighted by Gasteiger charge is -2.28. The zero-order valence-electron chi connectivity index (χ0n) is 25.3. The minimum absolute atomic E-state index is 0.187. The predicted octanol–water partition coefficient (Wildman–Crippen LogP) is 9.65. The van der Waals surface area contributed by atoms with Gasteiger partial charge in [-0.2, -0.15) is 0 Å². The molecule has 0 aliphatic heterocycles. The molecule has 0 aromatic heterocycles. The summed E-state index contributed by atoms with van der Waals surface area (Å²) in [7, 11) is 0. The Balaban J connectivity index is 1.61. The number of carboxylic acid groups (broad SMARTS) is 1. The number of hydrogen-bond donors (Lipinski definition) is 1. The number of Topliss-reactive ketones (excluding diaryl/α,β-unsaturated/α-hetero) is 1. The van der Waals surface area contributed by atoms with Gasteiger partial charge in [-0.25, -0.2) is 0 Å². The van der Waals surface area contributed by atoms with E-state index in [-0.39, 0.29) is 5.92 Å². The molecule has 214 valence electrons. The average molecular weight is 533 g/mol. The highest BCUT2D eigenvalue weighted by atomic mass is 16.4. The molecule has 0 saturated heterocycles. The highest BCUT2D eigenvalue weighted by Gasteiger charge is 2.26. The first-order valence-corrected chi connectivity index (χ1v) is 15.5. The molecule has 2 aromatic rings. The molecule has 1 N–H and O–H groups in total. The van der Waals surface area contributed by atoms with Gasteiger partial charge in [0.05, 0.1) is 0 Å². The van der Waals surface area contributed by atoms with E-state index in [2.05, 4.69) is 84.0 Å². The second-order valence-electron chi connectivity index (χ2n) is 13.0.